The lowest BCUT2D eigenvalue weighted by atomic mass is 9.90. The molecule has 47 heavy (non-hydrogen) atoms. The van der Waals surface area contributed by atoms with Gasteiger partial charge in [-0.1, -0.05) is 12.1 Å². The maximum absolute atomic E-state index is 12.7. The molecule has 1 aliphatic heterocycles. The van der Waals surface area contributed by atoms with Crippen molar-refractivity contribution < 1.29 is 38.3 Å². The highest BCUT2D eigenvalue weighted by atomic mass is 17.2. The van der Waals surface area contributed by atoms with Crippen molar-refractivity contribution in [3.63, 3.8) is 0 Å². The fraction of sp³-hybridized carbons (Fsp3) is 0.324. The summed E-state index contributed by atoms with van der Waals surface area (Å²) in [6.45, 7) is 2.91. The Morgan fingerprint density at radius 3 is 2.30 bits per heavy atom. The number of para-hydroxylation sites is 2. The molecule has 5 rings (SSSR count). The number of carbonyl (C=O) groups excluding carboxylic acids is 2. The van der Waals surface area contributed by atoms with Crippen molar-refractivity contribution in [3.05, 3.63) is 78.0 Å². The molecular formula is C34H37N5O8. The van der Waals surface area contributed by atoms with E-state index in [1.807, 2.05) is 0 Å². The van der Waals surface area contributed by atoms with Crippen molar-refractivity contribution in [2.75, 3.05) is 38.5 Å². The number of anilines is 2. The normalized spacial score (nSPS) is 16.7. The Bertz CT molecular complexity index is 1700. The van der Waals surface area contributed by atoms with Crippen LogP contribution in [0.25, 0.3) is 0 Å². The number of methoxy groups -OCH3 is 3. The van der Waals surface area contributed by atoms with Gasteiger partial charge in [0.25, 0.3) is 5.91 Å². The Labute approximate surface area is 272 Å². The second-order valence-corrected chi connectivity index (χ2v) is 11.4. The van der Waals surface area contributed by atoms with E-state index in [4.69, 9.17) is 28.7 Å². The summed E-state index contributed by atoms with van der Waals surface area (Å²) in [6.07, 6.45) is 3.50. The number of nitrogens with zero attached hydrogens (tertiary/aromatic N) is 1. The van der Waals surface area contributed by atoms with Gasteiger partial charge >= 0.3 is 0 Å². The molecule has 3 aromatic carbocycles. The van der Waals surface area contributed by atoms with Gasteiger partial charge in [-0.25, -0.2) is 0 Å². The van der Waals surface area contributed by atoms with E-state index in [9.17, 15) is 14.9 Å². The molecule has 3 aromatic rings. The summed E-state index contributed by atoms with van der Waals surface area (Å²) in [4.78, 5) is 35.7. The summed E-state index contributed by atoms with van der Waals surface area (Å²) in [5.74, 6) is 1.29. The van der Waals surface area contributed by atoms with Gasteiger partial charge in [0, 0.05) is 36.7 Å². The average molecular weight is 644 g/mol. The minimum absolute atomic E-state index is 0.154. The lowest BCUT2D eigenvalue weighted by Gasteiger charge is -2.38. The van der Waals surface area contributed by atoms with Crippen LogP contribution in [0.1, 0.15) is 32.3 Å². The smallest absolute Gasteiger partial charge is 0.256 e. The summed E-state index contributed by atoms with van der Waals surface area (Å²) in [5, 5.41) is 21.9. The second-order valence-electron chi connectivity index (χ2n) is 11.4. The number of carbonyl (C=O) groups is 2. The predicted molar refractivity (Wildman–Crippen MR) is 172 cm³/mol. The van der Waals surface area contributed by atoms with E-state index in [1.165, 1.54) is 28.1 Å². The lowest BCUT2D eigenvalue weighted by molar-refractivity contribution is -0.272. The van der Waals surface area contributed by atoms with Gasteiger partial charge in [0.15, 0.2) is 22.8 Å². The van der Waals surface area contributed by atoms with E-state index in [0.29, 0.717) is 45.5 Å². The number of fused-ring (bicyclic) bond motifs is 1. The number of hydrogen-bond donors (Lipinski definition) is 4. The van der Waals surface area contributed by atoms with E-state index >= 15 is 0 Å². The molecule has 1 fully saturated rings. The van der Waals surface area contributed by atoms with Crippen LogP contribution in [0, 0.1) is 11.3 Å². The zero-order valence-corrected chi connectivity index (χ0v) is 26.8. The molecule has 0 saturated heterocycles. The molecule has 1 heterocycles. The molecule has 13 heteroatoms. The molecular weight excluding hydrogens is 606 g/mol. The van der Waals surface area contributed by atoms with Gasteiger partial charge < -0.3 is 45.1 Å². The Morgan fingerprint density at radius 2 is 1.66 bits per heavy atom. The molecule has 1 unspecified atom stereocenters. The van der Waals surface area contributed by atoms with Gasteiger partial charge in [-0.05, 0) is 69.2 Å². The van der Waals surface area contributed by atoms with Crippen molar-refractivity contribution in [1.82, 2.24) is 10.6 Å². The molecule has 0 radical (unpaired) electrons. The quantitative estimate of drug-likeness (QED) is 0.109. The minimum atomic E-state index is -1.41. The maximum atomic E-state index is 12.7. The molecule has 4 N–H and O–H groups in total. The topological polar surface area (TPSA) is 161 Å². The van der Waals surface area contributed by atoms with Gasteiger partial charge in [-0.2, -0.15) is 10.1 Å². The number of benzene rings is 3. The summed E-state index contributed by atoms with van der Waals surface area (Å²) in [6, 6.07) is 19.8. The number of rotatable bonds is 14. The van der Waals surface area contributed by atoms with E-state index in [2.05, 4.69) is 27.3 Å². The maximum Gasteiger partial charge on any atom is 0.256 e. The molecule has 0 spiro atoms. The first-order chi connectivity index (χ1) is 22.6. The highest BCUT2D eigenvalue weighted by molar-refractivity contribution is 5.89. The molecule has 1 atom stereocenters. The van der Waals surface area contributed by atoms with Gasteiger partial charge in [0.2, 0.25) is 17.4 Å². The van der Waals surface area contributed by atoms with E-state index in [-0.39, 0.29) is 24.2 Å². The predicted octanol–water partition coefficient (Wildman–Crippen LogP) is 4.72. The fourth-order valence-electron chi connectivity index (χ4n) is 4.81. The van der Waals surface area contributed by atoms with Crippen LogP contribution in [0.4, 0.5) is 11.4 Å². The largest absolute Gasteiger partial charge is 0.493 e. The molecule has 1 saturated carbocycles. The van der Waals surface area contributed by atoms with Crippen LogP contribution in [0.5, 0.6) is 28.7 Å². The zero-order valence-electron chi connectivity index (χ0n) is 26.8. The number of hydrogen-bond acceptors (Lipinski definition) is 11. The van der Waals surface area contributed by atoms with Crippen molar-refractivity contribution in [3.8, 4) is 34.8 Å². The molecule has 0 bridgehead atoms. The van der Waals surface area contributed by atoms with E-state index in [1.54, 1.807) is 74.0 Å². The number of nitrogens with one attached hydrogen (secondary N) is 4. The van der Waals surface area contributed by atoms with Crippen molar-refractivity contribution >= 4 is 23.2 Å². The number of nitriles is 1. The van der Waals surface area contributed by atoms with Crippen LogP contribution < -0.4 is 40.4 Å². The molecule has 246 valence electrons. The van der Waals surface area contributed by atoms with Crippen LogP contribution in [-0.4, -0.2) is 51.3 Å². The van der Waals surface area contributed by atoms with Crippen LogP contribution >= 0.6 is 0 Å². The summed E-state index contributed by atoms with van der Waals surface area (Å²) in [5.41, 5.74) is -0.513. The van der Waals surface area contributed by atoms with Crippen molar-refractivity contribution in [1.29, 1.82) is 5.26 Å². The minimum Gasteiger partial charge on any atom is -0.493 e. The standard InChI is InChI=1S/C34H37N5O8/c1-33(2,32(41)37-20-31(40)38-22-10-11-22)47-46-28-9-7-6-8-27(28)45-24-14-12-23(13-15-24)39-34(44-5)21(18-35)19-36-26-17-30(43-4)29(42-3)16-25(26)34/h6-9,12-17,19,22,36,39H,10-11,20H2,1-5H3,(H,37,41)(H,38,40). The van der Waals surface area contributed by atoms with Gasteiger partial charge in [0.05, 0.1) is 26.5 Å². The molecule has 2 aliphatic rings. The molecule has 2 amide bonds. The molecule has 0 aromatic heterocycles. The summed E-state index contributed by atoms with van der Waals surface area (Å²) in [7, 11) is 4.59. The third-order valence-corrected chi connectivity index (χ3v) is 7.57. The van der Waals surface area contributed by atoms with Crippen molar-refractivity contribution in [2.45, 2.75) is 44.1 Å². The molecule has 1 aliphatic carbocycles. The monoisotopic (exact) mass is 643 g/mol. The first-order valence-corrected chi connectivity index (χ1v) is 14.9. The average Bonchev–Trinajstić information content (AvgIpc) is 3.90. The van der Waals surface area contributed by atoms with Crippen LogP contribution in [0.2, 0.25) is 0 Å². The highest BCUT2D eigenvalue weighted by Crippen LogP contribution is 2.46. The van der Waals surface area contributed by atoms with Crippen molar-refractivity contribution in [2.24, 2.45) is 0 Å². The van der Waals surface area contributed by atoms with Crippen LogP contribution in [0.15, 0.2) is 72.4 Å². The van der Waals surface area contributed by atoms with Crippen LogP contribution in [0.3, 0.4) is 0 Å². The number of ether oxygens (including phenoxy) is 4. The first-order valence-electron chi connectivity index (χ1n) is 14.9. The third-order valence-electron chi connectivity index (χ3n) is 7.57. The second kappa shape index (κ2) is 13.9. The Morgan fingerprint density at radius 1 is 0.979 bits per heavy atom. The Balaban J connectivity index is 1.27. The van der Waals surface area contributed by atoms with Gasteiger partial charge in [-0.15, -0.1) is 0 Å². The van der Waals surface area contributed by atoms with Gasteiger partial charge in [0.1, 0.15) is 17.4 Å². The summed E-state index contributed by atoms with van der Waals surface area (Å²) < 4.78 is 23.0. The first kappa shape index (κ1) is 32.9. The Hall–Kier alpha value is -5.45. The highest BCUT2D eigenvalue weighted by Gasteiger charge is 2.42. The third kappa shape index (κ3) is 7.35. The van der Waals surface area contributed by atoms with E-state index in [0.717, 1.165) is 12.8 Å². The fourth-order valence-corrected chi connectivity index (χ4v) is 4.81. The van der Waals surface area contributed by atoms with Crippen LogP contribution in [-0.2, 0) is 24.9 Å². The SMILES string of the molecule is COc1cc2c(cc1OC)C(Nc1ccc(Oc3ccccc3OOC(C)(C)C(=O)NCC(=O)NC3CC3)cc1)(OC)C(C#N)=CN2. The zero-order chi connectivity index (χ0) is 33.6. The summed E-state index contributed by atoms with van der Waals surface area (Å²) >= 11 is 0. The Kier molecular flexibility index (Phi) is 9.74. The van der Waals surface area contributed by atoms with E-state index < -0.39 is 17.2 Å². The lowest BCUT2D eigenvalue weighted by Crippen LogP contribution is -2.48. The number of amides is 2. The van der Waals surface area contributed by atoms with Gasteiger partial charge in [-0.3, -0.25) is 9.59 Å². The molecule has 13 nitrogen and oxygen atoms in total.